The molecule has 0 fully saturated rings. The van der Waals surface area contributed by atoms with Gasteiger partial charge in [-0.25, -0.2) is 0 Å². The Hall–Kier alpha value is -1.07. The Morgan fingerprint density at radius 1 is 1.45 bits per heavy atom. The van der Waals surface area contributed by atoms with Gasteiger partial charge in [0.25, 0.3) is 0 Å². The van der Waals surface area contributed by atoms with Crippen LogP contribution >= 0.6 is 11.6 Å². The van der Waals surface area contributed by atoms with E-state index in [1.54, 1.807) is 25.1 Å². The third-order valence-corrected chi connectivity index (χ3v) is 5.14. The Balaban J connectivity index is 2.84. The summed E-state index contributed by atoms with van der Waals surface area (Å²) in [6.45, 7) is 5.60. The van der Waals surface area contributed by atoms with Crippen molar-refractivity contribution in [2.75, 3.05) is 5.73 Å². The van der Waals surface area contributed by atoms with Gasteiger partial charge in [0, 0.05) is 11.7 Å². The number of rotatable bonds is 6. The highest BCUT2D eigenvalue weighted by atomic mass is 35.5. The number of hydrogen-bond acceptors (Lipinski definition) is 3. The summed E-state index contributed by atoms with van der Waals surface area (Å²) >= 11 is 6.02. The molecular formula is C14H21ClN2O2S. The van der Waals surface area contributed by atoms with Gasteiger partial charge in [0.15, 0.2) is 0 Å². The Morgan fingerprint density at radius 3 is 2.65 bits per heavy atom. The SMILES string of the molecule is CCCC(C)NC(=O)C(C)S(=O)c1c(N)cccc1Cl. The van der Waals surface area contributed by atoms with Crippen LogP contribution in [-0.2, 0) is 15.6 Å². The molecule has 0 spiro atoms. The second-order valence-electron chi connectivity index (χ2n) is 4.80. The zero-order valence-electron chi connectivity index (χ0n) is 12.0. The molecule has 1 aromatic rings. The van der Waals surface area contributed by atoms with Gasteiger partial charge in [0.1, 0.15) is 5.25 Å². The van der Waals surface area contributed by atoms with Crippen LogP contribution in [0, 0.1) is 0 Å². The van der Waals surface area contributed by atoms with Crippen molar-refractivity contribution in [3.05, 3.63) is 23.2 Å². The number of nitrogen functional groups attached to an aromatic ring is 1. The molecular weight excluding hydrogens is 296 g/mol. The van der Waals surface area contributed by atoms with Gasteiger partial charge in [0.2, 0.25) is 5.91 Å². The maximum Gasteiger partial charge on any atom is 0.236 e. The Morgan fingerprint density at radius 2 is 2.10 bits per heavy atom. The molecule has 1 rings (SSSR count). The van der Waals surface area contributed by atoms with Gasteiger partial charge in [-0.05, 0) is 32.4 Å². The van der Waals surface area contributed by atoms with Crippen molar-refractivity contribution in [3.8, 4) is 0 Å². The molecule has 112 valence electrons. The molecule has 1 aromatic carbocycles. The fourth-order valence-corrected chi connectivity index (χ4v) is 3.46. The predicted octanol–water partition coefficient (Wildman–Crippen LogP) is 2.72. The Bertz CT molecular complexity index is 488. The highest BCUT2D eigenvalue weighted by molar-refractivity contribution is 7.86. The molecule has 0 saturated carbocycles. The van der Waals surface area contributed by atoms with E-state index in [1.807, 2.05) is 6.92 Å². The number of nitrogens with one attached hydrogen (secondary N) is 1. The number of carbonyl (C=O) groups is 1. The summed E-state index contributed by atoms with van der Waals surface area (Å²) < 4.78 is 12.5. The standard InChI is InChI=1S/C14H21ClN2O2S/c1-4-6-9(2)17-14(18)10(3)20(19)13-11(15)7-5-8-12(13)16/h5,7-10H,4,6,16H2,1-3H3,(H,17,18). The van der Waals surface area contributed by atoms with Crippen molar-refractivity contribution in [1.29, 1.82) is 0 Å². The van der Waals surface area contributed by atoms with E-state index in [0.717, 1.165) is 12.8 Å². The molecule has 20 heavy (non-hydrogen) atoms. The second kappa shape index (κ2) is 7.64. The molecule has 6 heteroatoms. The van der Waals surface area contributed by atoms with E-state index in [1.165, 1.54) is 0 Å². The van der Waals surface area contributed by atoms with Crippen LogP contribution in [0.4, 0.5) is 5.69 Å². The summed E-state index contributed by atoms with van der Waals surface area (Å²) in [5.41, 5.74) is 6.14. The molecule has 0 heterocycles. The van der Waals surface area contributed by atoms with Crippen LogP contribution < -0.4 is 11.1 Å². The smallest absolute Gasteiger partial charge is 0.236 e. The minimum atomic E-state index is -1.57. The minimum Gasteiger partial charge on any atom is -0.398 e. The van der Waals surface area contributed by atoms with Crippen molar-refractivity contribution in [2.24, 2.45) is 0 Å². The normalized spacial score (nSPS) is 15.4. The lowest BCUT2D eigenvalue weighted by atomic mass is 10.2. The van der Waals surface area contributed by atoms with Gasteiger partial charge in [-0.15, -0.1) is 0 Å². The molecule has 0 radical (unpaired) electrons. The molecule has 1 amide bonds. The molecule has 3 atom stereocenters. The maximum absolute atomic E-state index is 12.5. The zero-order chi connectivity index (χ0) is 15.3. The van der Waals surface area contributed by atoms with E-state index in [-0.39, 0.29) is 11.9 Å². The quantitative estimate of drug-likeness (QED) is 0.793. The van der Waals surface area contributed by atoms with E-state index < -0.39 is 16.0 Å². The van der Waals surface area contributed by atoms with Gasteiger partial charge in [-0.2, -0.15) is 0 Å². The van der Waals surface area contributed by atoms with Gasteiger partial charge in [-0.1, -0.05) is 31.0 Å². The molecule has 4 nitrogen and oxygen atoms in total. The summed E-state index contributed by atoms with van der Waals surface area (Å²) in [6.07, 6.45) is 1.87. The molecule has 0 aliphatic carbocycles. The van der Waals surface area contributed by atoms with Crippen LogP contribution in [0.2, 0.25) is 5.02 Å². The monoisotopic (exact) mass is 316 g/mol. The number of halogens is 1. The van der Waals surface area contributed by atoms with E-state index in [4.69, 9.17) is 17.3 Å². The number of benzene rings is 1. The van der Waals surface area contributed by atoms with Crippen molar-refractivity contribution in [1.82, 2.24) is 5.32 Å². The van der Waals surface area contributed by atoms with Crippen molar-refractivity contribution >= 4 is 34.0 Å². The highest BCUT2D eigenvalue weighted by Crippen LogP contribution is 2.27. The minimum absolute atomic E-state index is 0.0653. The Kier molecular flexibility index (Phi) is 6.49. The van der Waals surface area contributed by atoms with Crippen LogP contribution in [0.1, 0.15) is 33.6 Å². The molecule has 3 unspecified atom stereocenters. The topological polar surface area (TPSA) is 72.2 Å². The molecule has 3 N–H and O–H groups in total. The number of amides is 1. The first-order chi connectivity index (χ1) is 9.38. The van der Waals surface area contributed by atoms with E-state index in [2.05, 4.69) is 12.2 Å². The lowest BCUT2D eigenvalue weighted by Crippen LogP contribution is -2.40. The lowest BCUT2D eigenvalue weighted by Gasteiger charge is -2.18. The van der Waals surface area contributed by atoms with E-state index in [0.29, 0.717) is 15.6 Å². The van der Waals surface area contributed by atoms with Crippen LogP contribution in [0.25, 0.3) is 0 Å². The first-order valence-corrected chi connectivity index (χ1v) is 8.22. The van der Waals surface area contributed by atoms with Crippen LogP contribution in [0.3, 0.4) is 0 Å². The highest BCUT2D eigenvalue weighted by Gasteiger charge is 2.25. The molecule has 0 saturated heterocycles. The van der Waals surface area contributed by atoms with E-state index >= 15 is 0 Å². The summed E-state index contributed by atoms with van der Waals surface area (Å²) in [5.74, 6) is -0.247. The average molecular weight is 317 g/mol. The van der Waals surface area contributed by atoms with Crippen molar-refractivity contribution in [2.45, 2.75) is 49.8 Å². The number of hydrogen-bond donors (Lipinski definition) is 2. The van der Waals surface area contributed by atoms with Crippen LogP contribution in [0.5, 0.6) is 0 Å². The maximum atomic E-state index is 12.5. The first-order valence-electron chi connectivity index (χ1n) is 6.63. The van der Waals surface area contributed by atoms with Crippen LogP contribution in [0.15, 0.2) is 23.1 Å². The van der Waals surface area contributed by atoms with Gasteiger partial charge in [-0.3, -0.25) is 9.00 Å². The third kappa shape index (κ3) is 4.21. The van der Waals surface area contributed by atoms with E-state index in [9.17, 15) is 9.00 Å². The molecule has 0 bridgehead atoms. The zero-order valence-corrected chi connectivity index (χ0v) is 13.6. The van der Waals surface area contributed by atoms with Crippen molar-refractivity contribution in [3.63, 3.8) is 0 Å². The largest absolute Gasteiger partial charge is 0.398 e. The molecule has 0 aliphatic rings. The lowest BCUT2D eigenvalue weighted by molar-refractivity contribution is -0.121. The predicted molar refractivity (Wildman–Crippen MR) is 84.2 cm³/mol. The number of nitrogens with two attached hydrogens (primary N) is 1. The summed E-state index contributed by atoms with van der Waals surface area (Å²) in [4.78, 5) is 12.4. The average Bonchev–Trinajstić information content (AvgIpc) is 2.37. The fourth-order valence-electron chi connectivity index (χ4n) is 1.88. The fraction of sp³-hybridized carbons (Fsp3) is 0.500. The summed E-state index contributed by atoms with van der Waals surface area (Å²) in [6, 6.07) is 5.00. The number of anilines is 1. The second-order valence-corrected chi connectivity index (χ2v) is 6.91. The van der Waals surface area contributed by atoms with Gasteiger partial charge < -0.3 is 11.1 Å². The van der Waals surface area contributed by atoms with Crippen molar-refractivity contribution < 1.29 is 9.00 Å². The van der Waals surface area contributed by atoms with Crippen LogP contribution in [-0.4, -0.2) is 21.4 Å². The summed E-state index contributed by atoms with van der Waals surface area (Å²) in [7, 11) is -1.57. The van der Waals surface area contributed by atoms with Gasteiger partial charge >= 0.3 is 0 Å². The molecule has 0 aromatic heterocycles. The first kappa shape index (κ1) is 17.0. The summed E-state index contributed by atoms with van der Waals surface area (Å²) in [5, 5.41) is 2.48. The molecule has 0 aliphatic heterocycles. The van der Waals surface area contributed by atoms with Gasteiger partial charge in [0.05, 0.1) is 20.7 Å². The third-order valence-electron chi connectivity index (χ3n) is 3.00. The number of carbonyl (C=O) groups excluding carboxylic acids is 1. The Labute approximate surface area is 127 Å².